The molecule has 0 aromatic heterocycles. The van der Waals surface area contributed by atoms with E-state index in [-0.39, 0.29) is 25.4 Å². The Morgan fingerprint density at radius 1 is 1.33 bits per heavy atom. The van der Waals surface area contributed by atoms with Crippen molar-refractivity contribution in [3.8, 4) is 0 Å². The molecule has 102 valence electrons. The predicted octanol–water partition coefficient (Wildman–Crippen LogP) is -1.03. The molecule has 0 aromatic carbocycles. The molecule has 2 aliphatic rings. The number of carbonyl (C=O) groups is 2. The van der Waals surface area contributed by atoms with Gasteiger partial charge in [-0.05, 0) is 12.8 Å². The van der Waals surface area contributed by atoms with E-state index in [9.17, 15) is 14.7 Å². The Labute approximate surface area is 107 Å². The van der Waals surface area contributed by atoms with E-state index < -0.39 is 18.1 Å². The maximum atomic E-state index is 12.0. The molecule has 1 saturated carbocycles. The molecule has 6 nitrogen and oxygen atoms in total. The molecule has 2 atom stereocenters. The van der Waals surface area contributed by atoms with Crippen LogP contribution in [0.2, 0.25) is 0 Å². The molecule has 2 rings (SSSR count). The number of primary amides is 1. The first-order chi connectivity index (χ1) is 8.58. The minimum atomic E-state index is -0.655. The zero-order chi connectivity index (χ0) is 13.1. The molecule has 1 aliphatic carbocycles. The average molecular weight is 255 g/mol. The number of nitrogens with zero attached hydrogens (tertiary/aromatic N) is 1. The minimum Gasteiger partial charge on any atom is -0.391 e. The van der Waals surface area contributed by atoms with E-state index in [2.05, 4.69) is 5.32 Å². The predicted molar refractivity (Wildman–Crippen MR) is 65.6 cm³/mol. The second-order valence-electron chi connectivity index (χ2n) is 5.22. The molecule has 4 N–H and O–H groups in total. The summed E-state index contributed by atoms with van der Waals surface area (Å²) in [5.74, 6) is -0.692. The Morgan fingerprint density at radius 3 is 2.61 bits per heavy atom. The largest absolute Gasteiger partial charge is 0.391 e. The molecule has 0 bridgehead atoms. The fraction of sp³-hybridized carbons (Fsp3) is 0.833. The molecular formula is C12H21N3O3. The Kier molecular flexibility index (Phi) is 4.19. The van der Waals surface area contributed by atoms with Crippen LogP contribution in [-0.2, 0) is 9.59 Å². The Balaban J connectivity index is 1.85. The number of hydrogen-bond acceptors (Lipinski definition) is 4. The summed E-state index contributed by atoms with van der Waals surface area (Å²) in [7, 11) is 0. The quantitative estimate of drug-likeness (QED) is 0.598. The number of β-amino-alcohol motifs (C(OH)–C–C–N with tert-alkyl or cyclic N) is 1. The lowest BCUT2D eigenvalue weighted by molar-refractivity contribution is -0.136. The molecule has 6 heteroatoms. The van der Waals surface area contributed by atoms with Crippen molar-refractivity contribution in [1.82, 2.24) is 10.2 Å². The van der Waals surface area contributed by atoms with Crippen molar-refractivity contribution in [2.45, 2.75) is 50.3 Å². The normalized spacial score (nSPS) is 28.8. The van der Waals surface area contributed by atoms with Gasteiger partial charge in [0.15, 0.2) is 0 Å². The van der Waals surface area contributed by atoms with Gasteiger partial charge in [-0.25, -0.2) is 0 Å². The van der Waals surface area contributed by atoms with Crippen LogP contribution in [0.25, 0.3) is 0 Å². The summed E-state index contributed by atoms with van der Waals surface area (Å²) in [6.07, 6.45) is 4.24. The van der Waals surface area contributed by atoms with Gasteiger partial charge in [0.1, 0.15) is 6.04 Å². The second-order valence-corrected chi connectivity index (χ2v) is 5.22. The van der Waals surface area contributed by atoms with Gasteiger partial charge in [0.2, 0.25) is 11.8 Å². The first-order valence-corrected chi connectivity index (χ1v) is 6.58. The van der Waals surface area contributed by atoms with Gasteiger partial charge < -0.3 is 21.1 Å². The third-order valence-electron chi connectivity index (χ3n) is 3.82. The highest BCUT2D eigenvalue weighted by Gasteiger charge is 2.37. The maximum absolute atomic E-state index is 12.0. The molecule has 1 heterocycles. The van der Waals surface area contributed by atoms with E-state index >= 15 is 0 Å². The third-order valence-corrected chi connectivity index (χ3v) is 3.82. The van der Waals surface area contributed by atoms with Gasteiger partial charge in [-0.2, -0.15) is 0 Å². The number of aliphatic hydroxyl groups excluding tert-OH is 1. The molecule has 18 heavy (non-hydrogen) atoms. The fourth-order valence-corrected chi connectivity index (χ4v) is 2.82. The maximum Gasteiger partial charge on any atom is 0.240 e. The molecular weight excluding hydrogens is 234 g/mol. The van der Waals surface area contributed by atoms with Crippen molar-refractivity contribution in [2.75, 3.05) is 13.1 Å². The minimum absolute atomic E-state index is 0.151. The molecule has 2 amide bonds. The molecule has 0 radical (unpaired) electrons. The molecule has 0 spiro atoms. The summed E-state index contributed by atoms with van der Waals surface area (Å²) in [4.78, 5) is 24.6. The first kappa shape index (κ1) is 13.3. The van der Waals surface area contributed by atoms with E-state index in [1.807, 2.05) is 0 Å². The average Bonchev–Trinajstić information content (AvgIpc) is 2.94. The number of rotatable bonds is 4. The lowest BCUT2D eigenvalue weighted by Gasteiger charge is -2.23. The highest BCUT2D eigenvalue weighted by Crippen LogP contribution is 2.19. The first-order valence-electron chi connectivity index (χ1n) is 6.58. The van der Waals surface area contributed by atoms with Crippen molar-refractivity contribution in [1.29, 1.82) is 0 Å². The van der Waals surface area contributed by atoms with Gasteiger partial charge in [0.25, 0.3) is 0 Å². The molecule has 1 aliphatic heterocycles. The van der Waals surface area contributed by atoms with Crippen molar-refractivity contribution in [3.63, 3.8) is 0 Å². The van der Waals surface area contributed by atoms with Crippen LogP contribution < -0.4 is 11.1 Å². The van der Waals surface area contributed by atoms with Gasteiger partial charge in [-0.3, -0.25) is 9.59 Å². The van der Waals surface area contributed by atoms with Crippen LogP contribution in [0.3, 0.4) is 0 Å². The molecule has 2 unspecified atom stereocenters. The summed E-state index contributed by atoms with van der Waals surface area (Å²) in [5.41, 5.74) is 5.24. The summed E-state index contributed by atoms with van der Waals surface area (Å²) < 4.78 is 0. The molecule has 0 aromatic rings. The van der Waals surface area contributed by atoms with Gasteiger partial charge in [-0.1, -0.05) is 12.8 Å². The van der Waals surface area contributed by atoms with Crippen LogP contribution in [0.15, 0.2) is 0 Å². The number of amides is 2. The van der Waals surface area contributed by atoms with E-state index in [0.29, 0.717) is 6.04 Å². The van der Waals surface area contributed by atoms with Crippen molar-refractivity contribution in [2.24, 2.45) is 5.73 Å². The SMILES string of the molecule is NC(=O)C1CC(O)CN1C(=O)CNC1CCCC1. The lowest BCUT2D eigenvalue weighted by atomic mass is 10.2. The van der Waals surface area contributed by atoms with E-state index in [1.54, 1.807) is 0 Å². The highest BCUT2D eigenvalue weighted by molar-refractivity contribution is 5.88. The summed E-state index contributed by atoms with van der Waals surface area (Å²) in [5, 5.41) is 12.7. The Hall–Kier alpha value is -1.14. The van der Waals surface area contributed by atoms with Crippen LogP contribution in [0, 0.1) is 0 Å². The fourth-order valence-electron chi connectivity index (χ4n) is 2.82. The number of nitrogens with two attached hydrogens (primary N) is 1. The molecule has 1 saturated heterocycles. The topological polar surface area (TPSA) is 95.7 Å². The van der Waals surface area contributed by atoms with E-state index in [4.69, 9.17) is 5.73 Å². The Bertz CT molecular complexity index is 329. The zero-order valence-corrected chi connectivity index (χ0v) is 10.5. The number of likely N-dealkylation sites (tertiary alicyclic amines) is 1. The molecule has 2 fully saturated rings. The van der Waals surface area contributed by atoms with Gasteiger partial charge in [-0.15, -0.1) is 0 Å². The van der Waals surface area contributed by atoms with Crippen LogP contribution in [0.5, 0.6) is 0 Å². The smallest absolute Gasteiger partial charge is 0.240 e. The standard InChI is InChI=1S/C12H21N3O3/c13-12(18)10-5-9(16)7-15(10)11(17)6-14-8-3-1-2-4-8/h8-10,14,16H,1-7H2,(H2,13,18). The second kappa shape index (κ2) is 5.67. The van der Waals surface area contributed by atoms with Gasteiger partial charge in [0, 0.05) is 19.0 Å². The Morgan fingerprint density at radius 2 is 2.00 bits per heavy atom. The van der Waals surface area contributed by atoms with Crippen molar-refractivity contribution in [3.05, 3.63) is 0 Å². The van der Waals surface area contributed by atoms with Crippen LogP contribution in [0.4, 0.5) is 0 Å². The van der Waals surface area contributed by atoms with E-state index in [1.165, 1.54) is 17.7 Å². The van der Waals surface area contributed by atoms with Crippen LogP contribution in [-0.4, -0.2) is 53.1 Å². The zero-order valence-electron chi connectivity index (χ0n) is 10.5. The number of aliphatic hydroxyl groups is 1. The number of hydrogen-bond donors (Lipinski definition) is 3. The van der Waals surface area contributed by atoms with Crippen molar-refractivity contribution < 1.29 is 14.7 Å². The van der Waals surface area contributed by atoms with Gasteiger partial charge >= 0.3 is 0 Å². The highest BCUT2D eigenvalue weighted by atomic mass is 16.3. The summed E-state index contributed by atoms with van der Waals surface area (Å²) in [6.45, 7) is 0.431. The summed E-state index contributed by atoms with van der Waals surface area (Å²) >= 11 is 0. The van der Waals surface area contributed by atoms with Crippen molar-refractivity contribution >= 4 is 11.8 Å². The number of carbonyl (C=O) groups excluding carboxylic acids is 2. The number of nitrogens with one attached hydrogen (secondary N) is 1. The monoisotopic (exact) mass is 255 g/mol. The van der Waals surface area contributed by atoms with Crippen LogP contribution in [0.1, 0.15) is 32.1 Å². The lowest BCUT2D eigenvalue weighted by Crippen LogP contribution is -2.48. The third kappa shape index (κ3) is 3.00. The van der Waals surface area contributed by atoms with Crippen LogP contribution >= 0.6 is 0 Å². The van der Waals surface area contributed by atoms with Gasteiger partial charge in [0.05, 0.1) is 12.6 Å². The summed E-state index contributed by atoms with van der Waals surface area (Å²) in [6, 6.07) is -0.244. The van der Waals surface area contributed by atoms with E-state index in [0.717, 1.165) is 12.8 Å².